The SMILES string of the molecule is CC1(C)C2CCC1(C)C(C(=O)C(F)(F)C(F)(F)C(F)(F)F)C2=O. The van der Waals surface area contributed by atoms with Gasteiger partial charge in [0.2, 0.25) is 5.78 Å². The summed E-state index contributed by atoms with van der Waals surface area (Å²) in [5, 5.41) is 0. The number of fused-ring (bicyclic) bond motifs is 2. The van der Waals surface area contributed by atoms with Crippen molar-refractivity contribution < 1.29 is 40.3 Å². The molecule has 0 aliphatic heterocycles. The summed E-state index contributed by atoms with van der Waals surface area (Å²) >= 11 is 0. The van der Waals surface area contributed by atoms with Gasteiger partial charge in [0.05, 0.1) is 5.92 Å². The van der Waals surface area contributed by atoms with Gasteiger partial charge in [0.25, 0.3) is 0 Å². The van der Waals surface area contributed by atoms with Gasteiger partial charge in [0.1, 0.15) is 5.78 Å². The van der Waals surface area contributed by atoms with Gasteiger partial charge in [-0.1, -0.05) is 20.8 Å². The summed E-state index contributed by atoms with van der Waals surface area (Å²) in [5.41, 5.74) is -2.29. The second kappa shape index (κ2) is 4.47. The Labute approximate surface area is 127 Å². The third kappa shape index (κ3) is 1.94. The van der Waals surface area contributed by atoms with Gasteiger partial charge in [-0.25, -0.2) is 0 Å². The minimum atomic E-state index is -6.59. The molecule has 3 atom stereocenters. The zero-order valence-electron chi connectivity index (χ0n) is 12.5. The van der Waals surface area contributed by atoms with Gasteiger partial charge in [-0.15, -0.1) is 0 Å². The molecule has 23 heavy (non-hydrogen) atoms. The van der Waals surface area contributed by atoms with Crippen molar-refractivity contribution in [3.05, 3.63) is 0 Å². The monoisotopic (exact) mass is 348 g/mol. The van der Waals surface area contributed by atoms with Crippen molar-refractivity contribution in [2.75, 3.05) is 0 Å². The predicted molar refractivity (Wildman–Crippen MR) is 64.1 cm³/mol. The Balaban J connectivity index is 2.48. The molecular formula is C14H15F7O2. The number of hydrogen-bond donors (Lipinski definition) is 0. The molecule has 3 unspecified atom stereocenters. The Morgan fingerprint density at radius 1 is 1.04 bits per heavy atom. The Morgan fingerprint density at radius 3 is 1.87 bits per heavy atom. The summed E-state index contributed by atoms with van der Waals surface area (Å²) in [6.07, 6.45) is -6.16. The first-order valence-corrected chi connectivity index (χ1v) is 6.94. The summed E-state index contributed by atoms with van der Waals surface area (Å²) in [6.45, 7) is 4.40. The lowest BCUT2D eigenvalue weighted by atomic mass is 9.64. The van der Waals surface area contributed by atoms with Gasteiger partial charge in [-0.05, 0) is 23.7 Å². The Morgan fingerprint density at radius 2 is 1.52 bits per heavy atom. The highest BCUT2D eigenvalue weighted by Gasteiger charge is 2.80. The van der Waals surface area contributed by atoms with Crippen LogP contribution in [0.3, 0.4) is 0 Å². The fourth-order valence-electron chi connectivity index (χ4n) is 3.99. The van der Waals surface area contributed by atoms with Crippen LogP contribution >= 0.6 is 0 Å². The van der Waals surface area contributed by atoms with E-state index in [1.54, 1.807) is 0 Å². The summed E-state index contributed by atoms with van der Waals surface area (Å²) in [5.74, 6) is -19.1. The fourth-order valence-corrected chi connectivity index (χ4v) is 3.99. The summed E-state index contributed by atoms with van der Waals surface area (Å²) in [6, 6.07) is 0. The van der Waals surface area contributed by atoms with Crippen molar-refractivity contribution in [2.45, 2.75) is 51.6 Å². The van der Waals surface area contributed by atoms with Gasteiger partial charge in [0, 0.05) is 5.92 Å². The van der Waals surface area contributed by atoms with Crippen LogP contribution in [0.2, 0.25) is 0 Å². The Kier molecular flexibility index (Phi) is 3.54. The van der Waals surface area contributed by atoms with Crippen LogP contribution in [0.15, 0.2) is 0 Å². The number of carbonyl (C=O) groups is 2. The Bertz CT molecular complexity index is 564. The molecule has 2 aliphatic carbocycles. The molecule has 0 spiro atoms. The maximum Gasteiger partial charge on any atom is 0.460 e. The first kappa shape index (κ1) is 18.2. The van der Waals surface area contributed by atoms with Crippen LogP contribution in [0, 0.1) is 22.7 Å². The summed E-state index contributed by atoms with van der Waals surface area (Å²) < 4.78 is 90.3. The Hall–Kier alpha value is -1.15. The summed E-state index contributed by atoms with van der Waals surface area (Å²) in [7, 11) is 0. The molecule has 0 N–H and O–H groups in total. The third-order valence-electron chi connectivity index (χ3n) is 5.88. The summed E-state index contributed by atoms with van der Waals surface area (Å²) in [4.78, 5) is 24.1. The number of alkyl halides is 7. The molecule has 2 bridgehead atoms. The van der Waals surface area contributed by atoms with Crippen LogP contribution in [0.25, 0.3) is 0 Å². The standard InChI is InChI=1S/C14H15F7O2/c1-10(2)6-4-5-11(10,3)7(8(6)22)9(23)12(15,16)13(17,18)14(19,20)21/h6-7H,4-5H2,1-3H3. The minimum absolute atomic E-state index is 0.139. The second-order valence-corrected chi connectivity index (χ2v) is 7.08. The quantitative estimate of drug-likeness (QED) is 0.570. The van der Waals surface area contributed by atoms with Crippen LogP contribution in [0.1, 0.15) is 33.6 Å². The lowest BCUT2D eigenvalue weighted by molar-refractivity contribution is -0.344. The molecule has 0 aromatic rings. The van der Waals surface area contributed by atoms with Gasteiger partial charge >= 0.3 is 18.0 Å². The van der Waals surface area contributed by atoms with Crippen molar-refractivity contribution in [3.8, 4) is 0 Å². The molecule has 2 rings (SSSR count). The van der Waals surface area contributed by atoms with Crippen molar-refractivity contribution in [2.24, 2.45) is 22.7 Å². The minimum Gasteiger partial charge on any atom is -0.299 e. The van der Waals surface area contributed by atoms with E-state index < -0.39 is 52.3 Å². The number of rotatable bonds is 3. The first-order valence-electron chi connectivity index (χ1n) is 6.94. The van der Waals surface area contributed by atoms with E-state index in [1.807, 2.05) is 0 Å². The van der Waals surface area contributed by atoms with Gasteiger partial charge < -0.3 is 0 Å². The molecule has 2 fully saturated rings. The fraction of sp³-hybridized carbons (Fsp3) is 0.857. The predicted octanol–water partition coefficient (Wildman–Crippen LogP) is 4.03. The van der Waals surface area contributed by atoms with E-state index in [1.165, 1.54) is 20.8 Å². The molecule has 0 amide bonds. The number of Topliss-reactive ketones (excluding diaryl/α,β-unsaturated/α-hetero) is 2. The van der Waals surface area contributed by atoms with Crippen LogP contribution in [0.4, 0.5) is 30.7 Å². The first-order chi connectivity index (χ1) is 10.0. The van der Waals surface area contributed by atoms with Crippen LogP contribution in [-0.2, 0) is 9.59 Å². The maximum absolute atomic E-state index is 13.7. The molecule has 2 aliphatic rings. The average molecular weight is 348 g/mol. The van der Waals surface area contributed by atoms with Crippen molar-refractivity contribution >= 4 is 11.6 Å². The van der Waals surface area contributed by atoms with Crippen molar-refractivity contribution in [1.29, 1.82) is 0 Å². The van der Waals surface area contributed by atoms with Crippen molar-refractivity contribution in [1.82, 2.24) is 0 Å². The van der Waals surface area contributed by atoms with E-state index in [4.69, 9.17) is 0 Å². The van der Waals surface area contributed by atoms with Gasteiger partial charge in [0.15, 0.2) is 0 Å². The van der Waals surface area contributed by atoms with Crippen LogP contribution < -0.4 is 0 Å². The number of halogens is 7. The number of hydrogen-bond acceptors (Lipinski definition) is 2. The molecule has 2 saturated carbocycles. The lowest BCUT2D eigenvalue weighted by Crippen LogP contribution is -2.59. The van der Waals surface area contributed by atoms with E-state index >= 15 is 0 Å². The van der Waals surface area contributed by atoms with Crippen LogP contribution in [0.5, 0.6) is 0 Å². The molecule has 0 aromatic heterocycles. The maximum atomic E-state index is 13.7. The number of ketones is 2. The highest BCUT2D eigenvalue weighted by molar-refractivity contribution is 6.10. The smallest absolute Gasteiger partial charge is 0.299 e. The van der Waals surface area contributed by atoms with Crippen molar-refractivity contribution in [3.63, 3.8) is 0 Å². The molecule has 9 heteroatoms. The normalized spacial score (nSPS) is 34.1. The van der Waals surface area contributed by atoms with Gasteiger partial charge in [-0.3, -0.25) is 9.59 Å². The zero-order chi connectivity index (χ0) is 18.2. The molecule has 0 saturated heterocycles. The number of carbonyl (C=O) groups excluding carboxylic acids is 2. The van der Waals surface area contributed by atoms with E-state index in [-0.39, 0.29) is 6.42 Å². The molecule has 0 radical (unpaired) electrons. The molecule has 2 nitrogen and oxygen atoms in total. The van der Waals surface area contributed by atoms with Crippen LogP contribution in [-0.4, -0.2) is 29.6 Å². The highest BCUT2D eigenvalue weighted by Crippen LogP contribution is 2.67. The van der Waals surface area contributed by atoms with Gasteiger partial charge in [-0.2, -0.15) is 30.7 Å². The molecule has 132 valence electrons. The lowest BCUT2D eigenvalue weighted by Gasteiger charge is -2.39. The van der Waals surface area contributed by atoms with E-state index in [0.717, 1.165) is 0 Å². The second-order valence-electron chi connectivity index (χ2n) is 7.08. The molecule has 0 aromatic carbocycles. The largest absolute Gasteiger partial charge is 0.460 e. The van der Waals surface area contributed by atoms with E-state index in [9.17, 15) is 40.3 Å². The average Bonchev–Trinajstić information content (AvgIpc) is 2.66. The third-order valence-corrected chi connectivity index (χ3v) is 5.88. The van der Waals surface area contributed by atoms with E-state index in [2.05, 4.69) is 0 Å². The highest BCUT2D eigenvalue weighted by atomic mass is 19.4. The topological polar surface area (TPSA) is 34.1 Å². The van der Waals surface area contributed by atoms with E-state index in [0.29, 0.717) is 6.42 Å². The zero-order valence-corrected chi connectivity index (χ0v) is 12.5. The molecule has 0 heterocycles. The molecular weight excluding hydrogens is 333 g/mol.